The van der Waals surface area contributed by atoms with Gasteiger partial charge in [-0.05, 0) is 70.3 Å². The van der Waals surface area contributed by atoms with Crippen molar-refractivity contribution in [3.63, 3.8) is 0 Å². The fourth-order valence-corrected chi connectivity index (χ4v) is 14.8. The highest BCUT2D eigenvalue weighted by Crippen LogP contribution is 2.52. The molecule has 0 radical (unpaired) electrons. The minimum Gasteiger partial charge on any atom is -0.319 e. The molecule has 91 heavy (non-hydrogen) atoms. The molecular formula is C83H62BrN7. The maximum Gasteiger partial charge on any atom is 0.160 e. The lowest BCUT2D eigenvalue weighted by Gasteiger charge is -2.21. The Morgan fingerprint density at radius 3 is 1.36 bits per heavy atom. The lowest BCUT2D eigenvalue weighted by molar-refractivity contribution is 0.636. The summed E-state index contributed by atoms with van der Waals surface area (Å²) < 4.78 is 8.32. The van der Waals surface area contributed by atoms with Gasteiger partial charge in [0, 0.05) is 101 Å². The molecule has 2 aliphatic heterocycles. The third kappa shape index (κ3) is 9.47. The molecule has 0 bridgehead atoms. The van der Waals surface area contributed by atoms with Crippen LogP contribution < -0.4 is 0 Å². The van der Waals surface area contributed by atoms with E-state index < -0.39 is 0 Å². The van der Waals surface area contributed by atoms with Crippen molar-refractivity contribution < 1.29 is 0 Å². The number of hydrogen-bond acceptors (Lipinski definition) is 4. The zero-order chi connectivity index (χ0) is 61.4. The molecule has 0 spiro atoms. The van der Waals surface area contributed by atoms with Crippen LogP contribution in [0, 0.1) is 0 Å². The van der Waals surface area contributed by atoms with Gasteiger partial charge in [0.15, 0.2) is 11.6 Å². The van der Waals surface area contributed by atoms with E-state index in [-0.39, 0.29) is 10.8 Å². The number of hydrogen-bond donors (Lipinski definition) is 0. The van der Waals surface area contributed by atoms with E-state index in [1.54, 1.807) is 0 Å². The van der Waals surface area contributed by atoms with Crippen molar-refractivity contribution in [1.82, 2.24) is 33.6 Å². The molecular weight excluding hydrogens is 1170 g/mol. The first-order valence-electron chi connectivity index (χ1n) is 31.1. The summed E-state index contributed by atoms with van der Waals surface area (Å²) in [6, 6.07) is 97.1. The zero-order valence-electron chi connectivity index (χ0n) is 50.9. The van der Waals surface area contributed by atoms with Crippen LogP contribution in [0.5, 0.6) is 0 Å². The molecule has 7 nitrogen and oxygen atoms in total. The van der Waals surface area contributed by atoms with Crippen LogP contribution in [-0.2, 0) is 17.3 Å². The third-order valence-electron chi connectivity index (χ3n) is 18.5. The van der Waals surface area contributed by atoms with Crippen molar-refractivity contribution in [3.05, 3.63) is 330 Å². The molecule has 0 saturated heterocycles. The molecule has 8 heteroatoms. The Morgan fingerprint density at radius 2 is 0.780 bits per heavy atom. The van der Waals surface area contributed by atoms with Gasteiger partial charge in [0.25, 0.3) is 0 Å². The van der Waals surface area contributed by atoms with Crippen LogP contribution in [0.4, 0.5) is 0 Å². The zero-order valence-corrected chi connectivity index (χ0v) is 52.5. The van der Waals surface area contributed by atoms with Crippen LogP contribution in [-0.4, -0.2) is 33.6 Å². The lowest BCUT2D eigenvalue weighted by Crippen LogP contribution is -2.17. The molecule has 0 unspecified atom stereocenters. The van der Waals surface area contributed by atoms with E-state index in [1.165, 1.54) is 77.9 Å². The second-order valence-corrected chi connectivity index (χ2v) is 25.6. The maximum absolute atomic E-state index is 5.22. The van der Waals surface area contributed by atoms with Crippen LogP contribution in [0.25, 0.3) is 118 Å². The van der Waals surface area contributed by atoms with Gasteiger partial charge < -0.3 is 13.7 Å². The van der Waals surface area contributed by atoms with Crippen molar-refractivity contribution >= 4 is 37.7 Å². The smallest absolute Gasteiger partial charge is 0.160 e. The molecule has 0 saturated carbocycles. The quantitative estimate of drug-likeness (QED) is 0.159. The van der Waals surface area contributed by atoms with Gasteiger partial charge in [-0.2, -0.15) is 0 Å². The molecule has 0 N–H and O–H groups in total. The number of halogens is 1. The molecule has 0 atom stereocenters. The fraction of sp³-hybridized carbons (Fsp3) is 0.0843. The fourth-order valence-electron chi connectivity index (χ4n) is 14.3. The van der Waals surface area contributed by atoms with Gasteiger partial charge in [0.05, 0.1) is 45.2 Å². The first kappa shape index (κ1) is 55.5. The Hall–Kier alpha value is -10.8. The summed E-state index contributed by atoms with van der Waals surface area (Å²) in [7, 11) is 0. The number of fused-ring (bicyclic) bond motifs is 14. The van der Waals surface area contributed by atoms with Gasteiger partial charge in [-0.25, -0.2) is 19.9 Å². The molecule has 7 heterocycles. The van der Waals surface area contributed by atoms with E-state index in [2.05, 4.69) is 252 Å². The standard InChI is InChI=1S/C41H30N4.C22H15BrN2.C20H17N/c1-41(2)32-21-11-14-24-37(32)44-26-31-29-19-9-12-22-35(29)45(38(31)39(41)44)36-23-13-10-20-30(36)34-25-33(27-15-5-3-6-16-27)42-40(43-34)28-17-7-4-8-18-28;23-19-14-8-7-13-18(19)21-15-20(16-9-3-1-4-10-16)24-22(25-21)17-11-5-2-6-12-17;1-20(2)17-9-5-6-10-18(17)21-12-16-14-8-4-3-7-13(14)11-15(16)19(20)21/h3-26H,1-2H3;1-15H;3-10,12H,11H2,1-2H3. The van der Waals surface area contributed by atoms with E-state index in [0.717, 1.165) is 78.6 Å². The average Bonchev–Trinajstić information content (AvgIpc) is 1.54. The molecule has 5 aromatic heterocycles. The average molecular weight is 1240 g/mol. The second-order valence-electron chi connectivity index (χ2n) is 24.7. The van der Waals surface area contributed by atoms with Crippen molar-refractivity contribution in [2.45, 2.75) is 44.9 Å². The molecule has 18 rings (SSSR count). The molecule has 15 aromatic rings. The normalized spacial score (nSPS) is 13.2. The van der Waals surface area contributed by atoms with Crippen LogP contribution in [0.2, 0.25) is 0 Å². The molecule has 436 valence electrons. The maximum atomic E-state index is 5.22. The summed E-state index contributed by atoms with van der Waals surface area (Å²) in [5, 5.41) is 2.51. The van der Waals surface area contributed by atoms with Gasteiger partial charge in [-0.1, -0.05) is 280 Å². The summed E-state index contributed by atoms with van der Waals surface area (Å²) in [6.07, 6.45) is 5.76. The summed E-state index contributed by atoms with van der Waals surface area (Å²) in [4.78, 5) is 19.9. The van der Waals surface area contributed by atoms with Crippen LogP contribution in [0.1, 0.15) is 61.3 Å². The van der Waals surface area contributed by atoms with E-state index in [0.29, 0.717) is 5.82 Å². The second kappa shape index (κ2) is 22.4. The first-order chi connectivity index (χ1) is 44.6. The molecule has 0 fully saturated rings. The van der Waals surface area contributed by atoms with Gasteiger partial charge in [0.2, 0.25) is 0 Å². The number of aromatic nitrogens is 7. The summed E-state index contributed by atoms with van der Waals surface area (Å²) in [5.41, 5.74) is 27.4. The highest BCUT2D eigenvalue weighted by molar-refractivity contribution is 9.10. The van der Waals surface area contributed by atoms with E-state index in [4.69, 9.17) is 19.9 Å². The topological polar surface area (TPSA) is 66.3 Å². The van der Waals surface area contributed by atoms with E-state index in [9.17, 15) is 0 Å². The predicted molar refractivity (Wildman–Crippen MR) is 376 cm³/mol. The highest BCUT2D eigenvalue weighted by Gasteiger charge is 2.42. The number of benzene rings is 10. The number of nitrogens with zero attached hydrogens (tertiary/aromatic N) is 7. The van der Waals surface area contributed by atoms with Crippen LogP contribution in [0.15, 0.2) is 296 Å². The van der Waals surface area contributed by atoms with Gasteiger partial charge in [-0.15, -0.1) is 0 Å². The first-order valence-corrected chi connectivity index (χ1v) is 31.9. The summed E-state index contributed by atoms with van der Waals surface area (Å²) in [5.74, 6) is 1.44. The third-order valence-corrected chi connectivity index (χ3v) is 19.2. The van der Waals surface area contributed by atoms with E-state index in [1.807, 2.05) is 97.1 Å². The Kier molecular flexibility index (Phi) is 13.6. The minimum atomic E-state index is -0.171. The summed E-state index contributed by atoms with van der Waals surface area (Å²) >= 11 is 3.63. The predicted octanol–water partition coefficient (Wildman–Crippen LogP) is 20.9. The molecule has 3 aliphatic rings. The van der Waals surface area contributed by atoms with Crippen molar-refractivity contribution in [2.75, 3.05) is 0 Å². The van der Waals surface area contributed by atoms with Gasteiger partial charge in [0.1, 0.15) is 0 Å². The van der Waals surface area contributed by atoms with Crippen molar-refractivity contribution in [1.29, 1.82) is 0 Å². The largest absolute Gasteiger partial charge is 0.319 e. The highest BCUT2D eigenvalue weighted by atomic mass is 79.9. The monoisotopic (exact) mass is 1240 g/mol. The number of para-hydroxylation sites is 4. The minimum absolute atomic E-state index is 0.0895. The lowest BCUT2D eigenvalue weighted by atomic mass is 9.81. The van der Waals surface area contributed by atoms with Gasteiger partial charge >= 0.3 is 0 Å². The van der Waals surface area contributed by atoms with Crippen LogP contribution >= 0.6 is 15.9 Å². The van der Waals surface area contributed by atoms with Crippen LogP contribution in [0.3, 0.4) is 0 Å². The molecule has 10 aromatic carbocycles. The Morgan fingerprint density at radius 1 is 0.352 bits per heavy atom. The summed E-state index contributed by atoms with van der Waals surface area (Å²) in [6.45, 7) is 9.41. The van der Waals surface area contributed by atoms with Crippen molar-refractivity contribution in [2.24, 2.45) is 0 Å². The van der Waals surface area contributed by atoms with Gasteiger partial charge in [-0.3, -0.25) is 0 Å². The SMILES string of the molecule is Brc1ccccc1-c1cc(-c2ccccc2)nc(-c2ccccc2)n1.CC1(C)c2ccccc2-n2cc3c(c21)Cc1ccccc1-3.CC1(C)c2ccccc2-n2cc3c4ccccc4n(-c4ccccc4-c4cc(-c5ccccc5)nc(-c5ccccc5)n4)c3c21. The molecule has 0 amide bonds. The Balaban J connectivity index is 0.000000121. The van der Waals surface area contributed by atoms with E-state index >= 15 is 0 Å². The number of rotatable bonds is 7. The Bertz CT molecular complexity index is 5160. The molecule has 1 aliphatic carbocycles. The van der Waals surface area contributed by atoms with Crippen molar-refractivity contribution in [3.8, 4) is 96.0 Å². The Labute approximate surface area is 538 Å².